The highest BCUT2D eigenvalue weighted by Crippen LogP contribution is 2.36. The standard InChI is InChI=1S/C13H13N3O3/c1-9(17)15-7-13(8-15)11(18)14-12(19)16(13)10-5-3-2-4-6-10/h2-6H,7-8H2,1H3,(H,14,18,19). The number of rotatable bonds is 1. The number of likely N-dealkylation sites (tertiary alicyclic amines) is 1. The van der Waals surface area contributed by atoms with Crippen molar-refractivity contribution in [2.75, 3.05) is 18.0 Å². The minimum atomic E-state index is -0.940. The summed E-state index contributed by atoms with van der Waals surface area (Å²) in [7, 11) is 0. The molecule has 98 valence electrons. The van der Waals surface area contributed by atoms with Crippen LogP contribution in [-0.2, 0) is 9.59 Å². The van der Waals surface area contributed by atoms with Crippen molar-refractivity contribution in [2.45, 2.75) is 12.5 Å². The average Bonchev–Trinajstić information content (AvgIpc) is 2.59. The van der Waals surface area contributed by atoms with Crippen LogP contribution in [0, 0.1) is 0 Å². The molecule has 6 nitrogen and oxygen atoms in total. The first-order valence-corrected chi connectivity index (χ1v) is 6.01. The molecule has 4 amide bonds. The van der Waals surface area contributed by atoms with Crippen molar-refractivity contribution in [1.29, 1.82) is 0 Å². The Morgan fingerprint density at radius 1 is 1.21 bits per heavy atom. The molecule has 2 fully saturated rings. The van der Waals surface area contributed by atoms with Crippen LogP contribution in [0.15, 0.2) is 30.3 Å². The molecule has 0 aromatic heterocycles. The van der Waals surface area contributed by atoms with E-state index in [1.54, 1.807) is 29.2 Å². The van der Waals surface area contributed by atoms with Gasteiger partial charge in [-0.05, 0) is 12.1 Å². The molecular formula is C13H13N3O3. The van der Waals surface area contributed by atoms with E-state index in [0.29, 0.717) is 5.69 Å². The first kappa shape index (κ1) is 11.7. The van der Waals surface area contributed by atoms with Crippen LogP contribution in [0.2, 0.25) is 0 Å². The van der Waals surface area contributed by atoms with Gasteiger partial charge in [0.25, 0.3) is 5.91 Å². The monoisotopic (exact) mass is 259 g/mol. The largest absolute Gasteiger partial charge is 0.337 e. The van der Waals surface area contributed by atoms with Crippen molar-refractivity contribution >= 4 is 23.5 Å². The lowest BCUT2D eigenvalue weighted by atomic mass is 9.87. The summed E-state index contributed by atoms with van der Waals surface area (Å²) >= 11 is 0. The number of para-hydroxylation sites is 1. The summed E-state index contributed by atoms with van der Waals surface area (Å²) in [6.45, 7) is 1.94. The Kier molecular flexibility index (Phi) is 2.35. The molecule has 2 aliphatic heterocycles. The molecule has 0 radical (unpaired) electrons. The van der Waals surface area contributed by atoms with E-state index in [2.05, 4.69) is 5.32 Å². The maximum atomic E-state index is 12.0. The Labute approximate surface area is 110 Å². The van der Waals surface area contributed by atoms with E-state index in [0.717, 1.165) is 0 Å². The van der Waals surface area contributed by atoms with Crippen molar-refractivity contribution in [2.24, 2.45) is 0 Å². The van der Waals surface area contributed by atoms with Gasteiger partial charge in [0.05, 0.1) is 13.1 Å². The minimum Gasteiger partial charge on any atom is -0.337 e. The van der Waals surface area contributed by atoms with Crippen molar-refractivity contribution in [3.63, 3.8) is 0 Å². The van der Waals surface area contributed by atoms with Crippen molar-refractivity contribution in [3.05, 3.63) is 30.3 Å². The number of anilines is 1. The van der Waals surface area contributed by atoms with E-state index in [-0.39, 0.29) is 24.9 Å². The van der Waals surface area contributed by atoms with Crippen LogP contribution in [0.25, 0.3) is 0 Å². The highest BCUT2D eigenvalue weighted by molar-refractivity contribution is 6.18. The molecule has 0 saturated carbocycles. The molecule has 0 bridgehead atoms. The number of carbonyl (C=O) groups is 3. The molecule has 1 aromatic rings. The Balaban J connectivity index is 1.96. The average molecular weight is 259 g/mol. The molecule has 3 rings (SSSR count). The topological polar surface area (TPSA) is 69.7 Å². The Hall–Kier alpha value is -2.37. The molecule has 2 saturated heterocycles. The molecule has 19 heavy (non-hydrogen) atoms. The second kappa shape index (κ2) is 3.81. The Morgan fingerprint density at radius 3 is 2.42 bits per heavy atom. The number of hydrogen-bond acceptors (Lipinski definition) is 3. The predicted octanol–water partition coefficient (Wildman–Crippen LogP) is 0.344. The number of benzene rings is 1. The summed E-state index contributed by atoms with van der Waals surface area (Å²) < 4.78 is 0. The lowest BCUT2D eigenvalue weighted by molar-refractivity contribution is -0.141. The number of carbonyl (C=O) groups excluding carboxylic acids is 3. The summed E-state index contributed by atoms with van der Waals surface area (Å²) in [4.78, 5) is 38.3. The van der Waals surface area contributed by atoms with Gasteiger partial charge in [-0.25, -0.2) is 4.79 Å². The van der Waals surface area contributed by atoms with Gasteiger partial charge in [-0.15, -0.1) is 0 Å². The third kappa shape index (κ3) is 1.53. The van der Waals surface area contributed by atoms with Crippen LogP contribution in [0.3, 0.4) is 0 Å². The van der Waals surface area contributed by atoms with Crippen LogP contribution in [0.5, 0.6) is 0 Å². The zero-order chi connectivity index (χ0) is 13.6. The zero-order valence-electron chi connectivity index (χ0n) is 10.4. The molecule has 1 spiro atoms. The molecular weight excluding hydrogens is 246 g/mol. The first-order valence-electron chi connectivity index (χ1n) is 6.01. The molecule has 0 aliphatic carbocycles. The van der Waals surface area contributed by atoms with Crippen molar-refractivity contribution in [3.8, 4) is 0 Å². The second-order valence-electron chi connectivity index (χ2n) is 4.84. The number of imide groups is 1. The quantitative estimate of drug-likeness (QED) is 0.739. The summed E-state index contributed by atoms with van der Waals surface area (Å²) in [5, 5.41) is 2.33. The smallest absolute Gasteiger partial charge is 0.329 e. The predicted molar refractivity (Wildman–Crippen MR) is 67.4 cm³/mol. The molecule has 1 aromatic carbocycles. The number of amides is 4. The minimum absolute atomic E-state index is 0.0919. The van der Waals surface area contributed by atoms with E-state index in [1.807, 2.05) is 6.07 Å². The summed E-state index contributed by atoms with van der Waals surface area (Å²) in [6.07, 6.45) is 0. The molecule has 2 aliphatic rings. The van der Waals surface area contributed by atoms with E-state index in [1.165, 1.54) is 11.8 Å². The number of urea groups is 1. The van der Waals surface area contributed by atoms with E-state index in [9.17, 15) is 14.4 Å². The van der Waals surface area contributed by atoms with Gasteiger partial charge >= 0.3 is 6.03 Å². The summed E-state index contributed by atoms with van der Waals surface area (Å²) in [5.41, 5.74) is -0.279. The molecule has 0 unspecified atom stereocenters. The van der Waals surface area contributed by atoms with Crippen LogP contribution in [-0.4, -0.2) is 41.4 Å². The lowest BCUT2D eigenvalue weighted by Gasteiger charge is -2.49. The first-order chi connectivity index (χ1) is 9.04. The second-order valence-corrected chi connectivity index (χ2v) is 4.84. The molecule has 2 heterocycles. The summed E-state index contributed by atoms with van der Waals surface area (Å²) in [5.74, 6) is -0.426. The van der Waals surface area contributed by atoms with Crippen LogP contribution in [0.4, 0.5) is 10.5 Å². The van der Waals surface area contributed by atoms with Crippen LogP contribution in [0.1, 0.15) is 6.92 Å². The Morgan fingerprint density at radius 2 is 1.84 bits per heavy atom. The Bertz CT molecular complexity index is 564. The number of hydrogen-bond donors (Lipinski definition) is 1. The summed E-state index contributed by atoms with van der Waals surface area (Å²) in [6, 6.07) is 8.57. The third-order valence-corrected chi connectivity index (χ3v) is 3.64. The fourth-order valence-electron chi connectivity index (χ4n) is 2.60. The highest BCUT2D eigenvalue weighted by atomic mass is 16.2. The van der Waals surface area contributed by atoms with Gasteiger partial charge < -0.3 is 4.90 Å². The normalized spacial score (nSPS) is 20.5. The maximum absolute atomic E-state index is 12.0. The zero-order valence-corrected chi connectivity index (χ0v) is 10.4. The maximum Gasteiger partial charge on any atom is 0.329 e. The van der Waals surface area contributed by atoms with E-state index < -0.39 is 11.6 Å². The van der Waals surface area contributed by atoms with Gasteiger partial charge in [0.1, 0.15) is 0 Å². The van der Waals surface area contributed by atoms with Gasteiger partial charge in [-0.1, -0.05) is 18.2 Å². The van der Waals surface area contributed by atoms with Gasteiger partial charge in [-0.3, -0.25) is 19.8 Å². The molecule has 1 N–H and O–H groups in total. The van der Waals surface area contributed by atoms with E-state index in [4.69, 9.17) is 0 Å². The van der Waals surface area contributed by atoms with Gasteiger partial charge in [-0.2, -0.15) is 0 Å². The van der Waals surface area contributed by atoms with Crippen molar-refractivity contribution < 1.29 is 14.4 Å². The highest BCUT2D eigenvalue weighted by Gasteiger charge is 2.61. The van der Waals surface area contributed by atoms with Crippen LogP contribution < -0.4 is 10.2 Å². The number of nitrogens with one attached hydrogen (secondary N) is 1. The molecule has 0 atom stereocenters. The molecule has 6 heteroatoms. The fourth-order valence-corrected chi connectivity index (χ4v) is 2.60. The fraction of sp³-hybridized carbons (Fsp3) is 0.308. The van der Waals surface area contributed by atoms with Gasteiger partial charge in [0.15, 0.2) is 5.54 Å². The van der Waals surface area contributed by atoms with Gasteiger partial charge in [0.2, 0.25) is 5.91 Å². The lowest BCUT2D eigenvalue weighted by Crippen LogP contribution is -2.72. The number of nitrogens with zero attached hydrogens (tertiary/aromatic N) is 2. The van der Waals surface area contributed by atoms with Crippen LogP contribution >= 0.6 is 0 Å². The van der Waals surface area contributed by atoms with E-state index >= 15 is 0 Å². The van der Waals surface area contributed by atoms with Crippen molar-refractivity contribution in [1.82, 2.24) is 10.2 Å². The SMILES string of the molecule is CC(=O)N1CC2(C1)C(=O)NC(=O)N2c1ccccc1. The third-order valence-electron chi connectivity index (χ3n) is 3.64. The van der Waals surface area contributed by atoms with Gasteiger partial charge in [0, 0.05) is 12.6 Å².